The number of benzene rings is 6. The van der Waals surface area contributed by atoms with Crippen LogP contribution >= 0.6 is 0 Å². The Kier molecular flexibility index (Phi) is 6.67. The van der Waals surface area contributed by atoms with E-state index < -0.39 is 5.41 Å². The Morgan fingerprint density at radius 1 is 0.375 bits per heavy atom. The molecule has 6 aromatic rings. The van der Waals surface area contributed by atoms with Crippen LogP contribution in [0.15, 0.2) is 152 Å². The summed E-state index contributed by atoms with van der Waals surface area (Å²) in [6.45, 7) is 2.30. The molecule has 40 heavy (non-hydrogen) atoms. The fraction of sp³-hybridized carbons (Fsp3) is 0.0526. The Morgan fingerprint density at radius 2 is 0.725 bits per heavy atom. The average molecular weight is 517 g/mol. The van der Waals surface area contributed by atoms with Crippen molar-refractivity contribution >= 4 is 11.4 Å². The van der Waals surface area contributed by atoms with E-state index in [2.05, 4.69) is 128 Å². The van der Waals surface area contributed by atoms with Gasteiger partial charge in [-0.2, -0.15) is 0 Å². The zero-order valence-electron chi connectivity index (χ0n) is 22.6. The summed E-state index contributed by atoms with van der Waals surface area (Å²) < 4.78 is 0. The molecule has 0 amide bonds. The zero-order chi connectivity index (χ0) is 27.5. The van der Waals surface area contributed by atoms with Crippen molar-refractivity contribution in [3.8, 4) is 33.4 Å². The number of hydrogen-bond acceptors (Lipinski definition) is 2. The molecule has 2 heteroatoms. The topological polar surface area (TPSA) is 52.0 Å². The van der Waals surface area contributed by atoms with Gasteiger partial charge in [-0.15, -0.1) is 0 Å². The molecule has 2 nitrogen and oxygen atoms in total. The highest BCUT2D eigenvalue weighted by Gasteiger charge is 2.32. The highest BCUT2D eigenvalue weighted by molar-refractivity contribution is 5.80. The van der Waals surface area contributed by atoms with Gasteiger partial charge in [0.15, 0.2) is 0 Å². The molecule has 0 saturated heterocycles. The third-order valence-electron chi connectivity index (χ3n) is 8.00. The lowest BCUT2D eigenvalue weighted by molar-refractivity contribution is 0.693. The van der Waals surface area contributed by atoms with Crippen molar-refractivity contribution < 1.29 is 0 Å². The van der Waals surface area contributed by atoms with Crippen LogP contribution in [0.25, 0.3) is 33.4 Å². The van der Waals surface area contributed by atoms with Gasteiger partial charge in [0.25, 0.3) is 0 Å². The van der Waals surface area contributed by atoms with Crippen molar-refractivity contribution in [1.82, 2.24) is 0 Å². The largest absolute Gasteiger partial charge is 0.398 e. The van der Waals surface area contributed by atoms with Crippen LogP contribution in [-0.4, -0.2) is 0 Å². The normalized spacial score (nSPS) is 11.3. The highest BCUT2D eigenvalue weighted by Crippen LogP contribution is 2.43. The first kappa shape index (κ1) is 25.2. The van der Waals surface area contributed by atoms with Crippen LogP contribution in [0, 0.1) is 0 Å². The van der Waals surface area contributed by atoms with Gasteiger partial charge < -0.3 is 11.5 Å². The van der Waals surface area contributed by atoms with Gasteiger partial charge in [-0.1, -0.05) is 127 Å². The zero-order valence-corrected chi connectivity index (χ0v) is 22.6. The number of nitrogens with two attached hydrogens (primary N) is 2. The molecule has 0 atom stereocenters. The predicted octanol–water partition coefficient (Wildman–Crippen LogP) is 9.21. The Morgan fingerprint density at radius 3 is 1.15 bits per heavy atom. The third-order valence-corrected chi connectivity index (χ3v) is 8.00. The molecule has 0 aliphatic heterocycles. The lowest BCUT2D eigenvalue weighted by atomic mass is 9.69. The van der Waals surface area contributed by atoms with Crippen LogP contribution in [0.3, 0.4) is 0 Å². The Labute approximate surface area is 236 Å². The fourth-order valence-electron chi connectivity index (χ4n) is 5.60. The first-order valence-electron chi connectivity index (χ1n) is 13.6. The van der Waals surface area contributed by atoms with E-state index in [4.69, 9.17) is 11.5 Å². The Balaban J connectivity index is 1.55. The molecule has 0 fully saturated rings. The molecule has 6 aromatic carbocycles. The maximum absolute atomic E-state index is 6.53. The summed E-state index contributed by atoms with van der Waals surface area (Å²) in [6, 6.07) is 53.0. The van der Waals surface area contributed by atoms with Gasteiger partial charge in [-0.25, -0.2) is 0 Å². The molecule has 0 saturated carbocycles. The monoisotopic (exact) mass is 516 g/mol. The minimum atomic E-state index is -0.469. The van der Waals surface area contributed by atoms with Crippen molar-refractivity contribution in [2.45, 2.75) is 12.3 Å². The number of anilines is 2. The minimum Gasteiger partial charge on any atom is -0.398 e. The van der Waals surface area contributed by atoms with E-state index in [1.54, 1.807) is 0 Å². The first-order valence-corrected chi connectivity index (χ1v) is 13.6. The van der Waals surface area contributed by atoms with E-state index in [-0.39, 0.29) is 0 Å². The van der Waals surface area contributed by atoms with Gasteiger partial charge in [-0.3, -0.25) is 0 Å². The van der Waals surface area contributed by atoms with Crippen LogP contribution < -0.4 is 11.5 Å². The quantitative estimate of drug-likeness (QED) is 0.171. The smallest absolute Gasteiger partial charge is 0.0423 e. The van der Waals surface area contributed by atoms with Gasteiger partial charge in [-0.05, 0) is 70.1 Å². The lowest BCUT2D eigenvalue weighted by Gasteiger charge is -2.33. The lowest BCUT2D eigenvalue weighted by Crippen LogP contribution is -2.25. The molecular weight excluding hydrogens is 484 g/mol. The second-order valence-corrected chi connectivity index (χ2v) is 10.4. The fourth-order valence-corrected chi connectivity index (χ4v) is 5.60. The molecule has 0 unspecified atom stereocenters. The van der Waals surface area contributed by atoms with Gasteiger partial charge in [0, 0.05) is 27.9 Å². The summed E-state index contributed by atoms with van der Waals surface area (Å²) >= 11 is 0. The van der Waals surface area contributed by atoms with E-state index in [0.717, 1.165) is 44.8 Å². The van der Waals surface area contributed by atoms with E-state index in [9.17, 15) is 0 Å². The van der Waals surface area contributed by atoms with E-state index in [1.165, 1.54) is 16.7 Å². The van der Waals surface area contributed by atoms with Crippen LogP contribution in [-0.2, 0) is 5.41 Å². The molecule has 0 aliphatic carbocycles. The van der Waals surface area contributed by atoms with E-state index in [1.807, 2.05) is 30.3 Å². The maximum atomic E-state index is 6.53. The number of rotatable bonds is 6. The molecule has 6 rings (SSSR count). The molecule has 0 bridgehead atoms. The van der Waals surface area contributed by atoms with Crippen molar-refractivity contribution in [3.05, 3.63) is 168 Å². The predicted molar refractivity (Wildman–Crippen MR) is 170 cm³/mol. The first-order chi connectivity index (χ1) is 19.5. The molecule has 0 spiro atoms. The summed E-state index contributed by atoms with van der Waals surface area (Å²) in [5.74, 6) is 0. The van der Waals surface area contributed by atoms with Gasteiger partial charge in [0.1, 0.15) is 0 Å². The second kappa shape index (κ2) is 10.6. The Bertz CT molecular complexity index is 1650. The number of nitrogen functional groups attached to an aromatic ring is 2. The van der Waals surface area contributed by atoms with Crippen LogP contribution in [0.5, 0.6) is 0 Å². The molecular formula is C38H32N2. The van der Waals surface area contributed by atoms with Gasteiger partial charge >= 0.3 is 0 Å². The average Bonchev–Trinajstić information content (AvgIpc) is 3.02. The van der Waals surface area contributed by atoms with Crippen LogP contribution in [0.2, 0.25) is 0 Å². The summed E-state index contributed by atoms with van der Waals surface area (Å²) in [7, 11) is 0. The number of hydrogen-bond donors (Lipinski definition) is 2. The third kappa shape index (κ3) is 4.65. The highest BCUT2D eigenvalue weighted by atomic mass is 14.6. The Hall–Kier alpha value is -5.08. The van der Waals surface area contributed by atoms with E-state index >= 15 is 0 Å². The van der Waals surface area contributed by atoms with Crippen molar-refractivity contribution in [1.29, 1.82) is 0 Å². The SMILES string of the molecule is CC(c1ccc(-c2ccccc2)cc1)(c1ccc(N)c(-c2ccccc2)c1)c1ccc(N)c(-c2ccccc2)c1. The molecule has 4 N–H and O–H groups in total. The standard InChI is InChI=1S/C38H32N2/c1-38(31-19-17-28(18-20-31)27-11-5-2-6-12-27,32-21-23-36(39)34(25-32)29-13-7-3-8-14-29)33-22-24-37(40)35(26-33)30-15-9-4-10-16-30/h2-26H,39-40H2,1H3. The van der Waals surface area contributed by atoms with Crippen molar-refractivity contribution in [3.63, 3.8) is 0 Å². The summed E-state index contributed by atoms with van der Waals surface area (Å²) in [5, 5.41) is 0. The van der Waals surface area contributed by atoms with Crippen molar-refractivity contribution in [2.75, 3.05) is 11.5 Å². The van der Waals surface area contributed by atoms with Crippen LogP contribution in [0.1, 0.15) is 23.6 Å². The summed E-state index contributed by atoms with van der Waals surface area (Å²) in [5.41, 5.74) is 24.3. The molecule has 0 aromatic heterocycles. The molecule has 0 heterocycles. The second-order valence-electron chi connectivity index (χ2n) is 10.4. The molecule has 0 radical (unpaired) electrons. The van der Waals surface area contributed by atoms with Gasteiger partial charge in [0.2, 0.25) is 0 Å². The van der Waals surface area contributed by atoms with Crippen molar-refractivity contribution in [2.24, 2.45) is 0 Å². The summed E-state index contributed by atoms with van der Waals surface area (Å²) in [6.07, 6.45) is 0. The van der Waals surface area contributed by atoms with E-state index in [0.29, 0.717) is 0 Å². The molecule has 0 aliphatic rings. The summed E-state index contributed by atoms with van der Waals surface area (Å²) in [4.78, 5) is 0. The van der Waals surface area contributed by atoms with Crippen LogP contribution in [0.4, 0.5) is 11.4 Å². The maximum Gasteiger partial charge on any atom is 0.0423 e. The molecule has 194 valence electrons. The minimum absolute atomic E-state index is 0.469. The van der Waals surface area contributed by atoms with Gasteiger partial charge in [0.05, 0.1) is 0 Å².